The Morgan fingerprint density at radius 1 is 1.20 bits per heavy atom. The smallest absolute Gasteiger partial charge is 0.263 e. The van der Waals surface area contributed by atoms with Crippen molar-refractivity contribution in [1.82, 2.24) is 9.55 Å². The molecule has 30 heavy (non-hydrogen) atoms. The molecule has 7 heteroatoms. The standard InChI is InChI=1S/C23H24N2O3S2/c26-18(15-7-2-1-3-8-15)14-29-23-24-21-20(17-10-4-5-11-19(17)30-21)22(27)25(23)13-16-9-6-12-28-16/h1-3,7-8,16H,4-6,9-14H2. The van der Waals surface area contributed by atoms with Crippen LogP contribution in [-0.2, 0) is 24.1 Å². The largest absolute Gasteiger partial charge is 0.376 e. The first-order valence-electron chi connectivity index (χ1n) is 10.6. The third kappa shape index (κ3) is 3.86. The summed E-state index contributed by atoms with van der Waals surface area (Å²) in [5.41, 5.74) is 1.92. The summed E-state index contributed by atoms with van der Waals surface area (Å²) in [5, 5.41) is 1.43. The Labute approximate surface area is 183 Å². The molecule has 0 saturated carbocycles. The van der Waals surface area contributed by atoms with E-state index in [0.29, 0.717) is 17.3 Å². The fourth-order valence-electron chi connectivity index (χ4n) is 4.32. The first-order chi connectivity index (χ1) is 14.7. The second-order valence-electron chi connectivity index (χ2n) is 7.91. The fourth-order valence-corrected chi connectivity index (χ4v) is 6.53. The van der Waals surface area contributed by atoms with Gasteiger partial charge < -0.3 is 4.74 Å². The molecule has 0 radical (unpaired) electrons. The average Bonchev–Trinajstić information content (AvgIpc) is 3.42. The summed E-state index contributed by atoms with van der Waals surface area (Å²) < 4.78 is 7.57. The molecule has 2 aromatic heterocycles. The molecule has 1 fully saturated rings. The van der Waals surface area contributed by atoms with E-state index in [0.717, 1.165) is 48.9 Å². The van der Waals surface area contributed by atoms with Crippen LogP contribution in [0.15, 0.2) is 40.3 Å². The Balaban J connectivity index is 1.51. The number of ether oxygens (including phenoxy) is 1. The van der Waals surface area contributed by atoms with Gasteiger partial charge in [-0.3, -0.25) is 14.2 Å². The number of ketones is 1. The van der Waals surface area contributed by atoms with Crippen LogP contribution in [0.5, 0.6) is 0 Å². The minimum absolute atomic E-state index is 0.0320. The van der Waals surface area contributed by atoms with Crippen molar-refractivity contribution in [3.05, 3.63) is 56.7 Å². The first kappa shape index (κ1) is 20.0. The van der Waals surface area contributed by atoms with E-state index in [1.807, 2.05) is 30.3 Å². The molecule has 5 nitrogen and oxygen atoms in total. The predicted molar refractivity (Wildman–Crippen MR) is 121 cm³/mol. The van der Waals surface area contributed by atoms with Gasteiger partial charge in [0.05, 0.1) is 23.8 Å². The molecule has 0 bridgehead atoms. The number of hydrogen-bond acceptors (Lipinski definition) is 6. The van der Waals surface area contributed by atoms with Crippen molar-refractivity contribution in [3.8, 4) is 0 Å². The van der Waals surface area contributed by atoms with Gasteiger partial charge >= 0.3 is 0 Å². The number of aryl methyl sites for hydroxylation is 2. The number of hydrogen-bond donors (Lipinski definition) is 0. The van der Waals surface area contributed by atoms with Crippen LogP contribution in [0.1, 0.15) is 46.5 Å². The highest BCUT2D eigenvalue weighted by molar-refractivity contribution is 7.99. The molecule has 3 aromatic rings. The molecule has 2 aliphatic rings. The number of Topliss-reactive ketones (excluding diaryl/α,β-unsaturated/α-hetero) is 1. The van der Waals surface area contributed by atoms with Crippen molar-refractivity contribution in [2.24, 2.45) is 0 Å². The summed E-state index contributed by atoms with van der Waals surface area (Å²) in [6.07, 6.45) is 6.34. The van der Waals surface area contributed by atoms with Gasteiger partial charge in [0, 0.05) is 17.0 Å². The maximum atomic E-state index is 13.6. The van der Waals surface area contributed by atoms with Crippen molar-refractivity contribution in [3.63, 3.8) is 0 Å². The van der Waals surface area contributed by atoms with Gasteiger partial charge in [0.2, 0.25) is 0 Å². The van der Waals surface area contributed by atoms with E-state index in [1.54, 1.807) is 15.9 Å². The number of thioether (sulfide) groups is 1. The topological polar surface area (TPSA) is 61.2 Å². The molecule has 0 amide bonds. The lowest BCUT2D eigenvalue weighted by Gasteiger charge is -2.16. The summed E-state index contributed by atoms with van der Waals surface area (Å²) >= 11 is 3.02. The van der Waals surface area contributed by atoms with Crippen LogP contribution in [0.25, 0.3) is 10.2 Å². The van der Waals surface area contributed by atoms with Crippen LogP contribution in [0.4, 0.5) is 0 Å². The first-order valence-corrected chi connectivity index (χ1v) is 12.4. The molecular formula is C23H24N2O3S2. The summed E-state index contributed by atoms with van der Waals surface area (Å²) in [4.78, 5) is 33.2. The van der Waals surface area contributed by atoms with Crippen LogP contribution < -0.4 is 5.56 Å². The number of carbonyl (C=O) groups excluding carboxylic acids is 1. The van der Waals surface area contributed by atoms with Gasteiger partial charge in [0.15, 0.2) is 10.9 Å². The van der Waals surface area contributed by atoms with Gasteiger partial charge in [-0.25, -0.2) is 4.98 Å². The molecular weight excluding hydrogens is 416 g/mol. The normalized spacial score (nSPS) is 18.6. The highest BCUT2D eigenvalue weighted by Gasteiger charge is 2.25. The Hall–Kier alpha value is -1.96. The second kappa shape index (κ2) is 8.65. The van der Waals surface area contributed by atoms with E-state index in [2.05, 4.69) is 0 Å². The van der Waals surface area contributed by atoms with E-state index in [-0.39, 0.29) is 23.2 Å². The molecule has 1 atom stereocenters. The van der Waals surface area contributed by atoms with Crippen LogP contribution in [0, 0.1) is 0 Å². The van der Waals surface area contributed by atoms with E-state index < -0.39 is 0 Å². The Kier molecular flexibility index (Phi) is 5.76. The van der Waals surface area contributed by atoms with Crippen molar-refractivity contribution in [1.29, 1.82) is 0 Å². The van der Waals surface area contributed by atoms with Crippen LogP contribution in [-0.4, -0.2) is 33.8 Å². The predicted octanol–water partition coefficient (Wildman–Crippen LogP) is 4.49. The summed E-state index contributed by atoms with van der Waals surface area (Å²) in [7, 11) is 0. The molecule has 1 aromatic carbocycles. The molecule has 1 saturated heterocycles. The maximum Gasteiger partial charge on any atom is 0.263 e. The number of carbonyl (C=O) groups is 1. The molecule has 156 valence electrons. The van der Waals surface area contributed by atoms with Gasteiger partial charge in [-0.1, -0.05) is 42.1 Å². The van der Waals surface area contributed by atoms with Crippen LogP contribution >= 0.6 is 23.1 Å². The van der Waals surface area contributed by atoms with Crippen LogP contribution in [0.2, 0.25) is 0 Å². The lowest BCUT2D eigenvalue weighted by molar-refractivity contribution is 0.0937. The van der Waals surface area contributed by atoms with Gasteiger partial charge in [-0.05, 0) is 44.1 Å². The van der Waals surface area contributed by atoms with E-state index in [1.165, 1.54) is 28.6 Å². The third-order valence-corrected chi connectivity index (χ3v) is 8.04. The SMILES string of the molecule is O=C(CSc1nc2sc3c(c2c(=O)n1CC1CCCO1)CCCC3)c1ccccc1. The molecule has 1 aliphatic carbocycles. The van der Waals surface area contributed by atoms with Gasteiger partial charge in [0.25, 0.3) is 5.56 Å². The highest BCUT2D eigenvalue weighted by atomic mass is 32.2. The highest BCUT2D eigenvalue weighted by Crippen LogP contribution is 2.35. The van der Waals surface area contributed by atoms with Crippen molar-refractivity contribution >= 4 is 39.1 Å². The summed E-state index contributed by atoms with van der Waals surface area (Å²) in [5.74, 6) is 0.308. The average molecular weight is 441 g/mol. The van der Waals surface area contributed by atoms with Crippen molar-refractivity contribution in [2.45, 2.75) is 56.3 Å². The number of rotatable bonds is 6. The fraction of sp³-hybridized carbons (Fsp3) is 0.435. The molecule has 3 heterocycles. The Bertz CT molecular complexity index is 1130. The van der Waals surface area contributed by atoms with Gasteiger partial charge in [-0.2, -0.15) is 0 Å². The molecule has 5 rings (SSSR count). The van der Waals surface area contributed by atoms with Gasteiger partial charge in [0.1, 0.15) is 4.83 Å². The number of aromatic nitrogens is 2. The second-order valence-corrected chi connectivity index (χ2v) is 9.94. The van der Waals surface area contributed by atoms with Crippen molar-refractivity contribution < 1.29 is 9.53 Å². The maximum absolute atomic E-state index is 13.6. The third-order valence-electron chi connectivity index (χ3n) is 5.88. The number of nitrogens with zero attached hydrogens (tertiary/aromatic N) is 2. The lowest BCUT2D eigenvalue weighted by atomic mass is 9.97. The van der Waals surface area contributed by atoms with E-state index >= 15 is 0 Å². The molecule has 0 spiro atoms. The minimum atomic E-state index is 0.0320. The zero-order valence-corrected chi connectivity index (χ0v) is 18.4. The zero-order valence-electron chi connectivity index (χ0n) is 16.8. The quantitative estimate of drug-likeness (QED) is 0.321. The van der Waals surface area contributed by atoms with E-state index in [4.69, 9.17) is 9.72 Å². The molecule has 0 N–H and O–H groups in total. The minimum Gasteiger partial charge on any atom is -0.376 e. The number of benzene rings is 1. The Morgan fingerprint density at radius 2 is 2.03 bits per heavy atom. The number of thiophene rings is 1. The summed E-state index contributed by atoms with van der Waals surface area (Å²) in [6.45, 7) is 1.26. The van der Waals surface area contributed by atoms with Crippen molar-refractivity contribution in [2.75, 3.05) is 12.4 Å². The molecule has 1 aliphatic heterocycles. The number of fused-ring (bicyclic) bond motifs is 3. The molecule has 1 unspecified atom stereocenters. The summed E-state index contributed by atoms with van der Waals surface area (Å²) in [6, 6.07) is 9.29. The van der Waals surface area contributed by atoms with Gasteiger partial charge in [-0.15, -0.1) is 11.3 Å². The monoisotopic (exact) mass is 440 g/mol. The lowest BCUT2D eigenvalue weighted by Crippen LogP contribution is -2.29. The van der Waals surface area contributed by atoms with Crippen LogP contribution in [0.3, 0.4) is 0 Å². The van der Waals surface area contributed by atoms with E-state index in [9.17, 15) is 9.59 Å². The Morgan fingerprint density at radius 3 is 2.83 bits per heavy atom. The zero-order chi connectivity index (χ0) is 20.5.